The second kappa shape index (κ2) is 4.67. The quantitative estimate of drug-likeness (QED) is 0.831. The van der Waals surface area contributed by atoms with Gasteiger partial charge in [0, 0.05) is 0 Å². The molecule has 2 N–H and O–H groups in total. The molecule has 1 aliphatic rings. The number of aryl methyl sites for hydroxylation is 1. The van der Waals surface area contributed by atoms with Gasteiger partial charge in [-0.25, -0.2) is 4.39 Å². The molecule has 0 aromatic heterocycles. The first-order chi connectivity index (χ1) is 9.80. The van der Waals surface area contributed by atoms with Crippen LogP contribution in [0.1, 0.15) is 49.4 Å². The van der Waals surface area contributed by atoms with Crippen LogP contribution in [-0.4, -0.2) is 0 Å². The SMILES string of the molecule is CC(C)(C)c1ccc(C2(N)CCc3cc(F)ccc32)cc1. The summed E-state index contributed by atoms with van der Waals surface area (Å²) in [5.74, 6) is -0.180. The van der Waals surface area contributed by atoms with E-state index in [4.69, 9.17) is 5.73 Å². The fraction of sp³-hybridized carbons (Fsp3) is 0.368. The first-order valence-electron chi connectivity index (χ1n) is 7.49. The van der Waals surface area contributed by atoms with E-state index in [2.05, 4.69) is 45.0 Å². The van der Waals surface area contributed by atoms with Gasteiger partial charge in [-0.1, -0.05) is 51.1 Å². The van der Waals surface area contributed by atoms with Crippen molar-refractivity contribution in [2.24, 2.45) is 5.73 Å². The highest BCUT2D eigenvalue weighted by atomic mass is 19.1. The Morgan fingerprint density at radius 1 is 1.05 bits per heavy atom. The number of hydrogen-bond acceptors (Lipinski definition) is 1. The highest BCUT2D eigenvalue weighted by Gasteiger charge is 2.36. The number of rotatable bonds is 1. The van der Waals surface area contributed by atoms with Crippen LogP contribution in [-0.2, 0) is 17.4 Å². The van der Waals surface area contributed by atoms with Crippen LogP contribution in [0.5, 0.6) is 0 Å². The summed E-state index contributed by atoms with van der Waals surface area (Å²) in [5.41, 5.74) is 10.8. The van der Waals surface area contributed by atoms with Crippen molar-refractivity contribution in [3.63, 3.8) is 0 Å². The highest BCUT2D eigenvalue weighted by molar-refractivity contribution is 5.47. The topological polar surface area (TPSA) is 26.0 Å². The lowest BCUT2D eigenvalue weighted by Crippen LogP contribution is -2.35. The number of nitrogens with two attached hydrogens (primary N) is 1. The van der Waals surface area contributed by atoms with Crippen molar-refractivity contribution in [1.29, 1.82) is 0 Å². The summed E-state index contributed by atoms with van der Waals surface area (Å²) in [6, 6.07) is 13.5. The molecule has 2 aromatic carbocycles. The van der Waals surface area contributed by atoms with Crippen molar-refractivity contribution in [2.75, 3.05) is 0 Å². The first kappa shape index (κ1) is 14.3. The van der Waals surface area contributed by atoms with Crippen LogP contribution < -0.4 is 5.73 Å². The summed E-state index contributed by atoms with van der Waals surface area (Å²) < 4.78 is 13.4. The van der Waals surface area contributed by atoms with Crippen LogP contribution >= 0.6 is 0 Å². The zero-order valence-electron chi connectivity index (χ0n) is 12.9. The van der Waals surface area contributed by atoms with Gasteiger partial charge in [-0.05, 0) is 52.6 Å². The fourth-order valence-corrected chi connectivity index (χ4v) is 3.24. The minimum atomic E-state index is -0.487. The van der Waals surface area contributed by atoms with Crippen LogP contribution in [0.3, 0.4) is 0 Å². The van der Waals surface area contributed by atoms with E-state index in [-0.39, 0.29) is 11.2 Å². The molecular formula is C19H22FN. The van der Waals surface area contributed by atoms with Crippen molar-refractivity contribution >= 4 is 0 Å². The summed E-state index contributed by atoms with van der Waals surface area (Å²) in [6.45, 7) is 6.61. The molecule has 0 spiro atoms. The lowest BCUT2D eigenvalue weighted by molar-refractivity contribution is 0.532. The Bertz CT molecular complexity index is 667. The molecule has 1 atom stereocenters. The van der Waals surface area contributed by atoms with E-state index in [9.17, 15) is 4.39 Å². The normalized spacial score (nSPS) is 21.4. The maximum Gasteiger partial charge on any atom is 0.123 e. The third-order valence-corrected chi connectivity index (χ3v) is 4.60. The molecule has 21 heavy (non-hydrogen) atoms. The lowest BCUT2D eigenvalue weighted by atomic mass is 9.81. The molecule has 1 unspecified atom stereocenters. The van der Waals surface area contributed by atoms with E-state index in [0.717, 1.165) is 29.5 Å². The van der Waals surface area contributed by atoms with Gasteiger partial charge in [0.2, 0.25) is 0 Å². The van der Waals surface area contributed by atoms with E-state index < -0.39 is 5.54 Å². The minimum Gasteiger partial charge on any atom is -0.318 e. The van der Waals surface area contributed by atoms with Crippen molar-refractivity contribution < 1.29 is 4.39 Å². The Hall–Kier alpha value is -1.67. The van der Waals surface area contributed by atoms with Gasteiger partial charge >= 0.3 is 0 Å². The van der Waals surface area contributed by atoms with E-state index in [1.165, 1.54) is 11.6 Å². The smallest absolute Gasteiger partial charge is 0.123 e. The van der Waals surface area contributed by atoms with Gasteiger partial charge in [-0.15, -0.1) is 0 Å². The van der Waals surface area contributed by atoms with Crippen LogP contribution in [0.2, 0.25) is 0 Å². The second-order valence-corrected chi connectivity index (χ2v) is 7.10. The molecule has 0 heterocycles. The van der Waals surface area contributed by atoms with Crippen molar-refractivity contribution in [3.8, 4) is 0 Å². The Kier molecular flexibility index (Phi) is 3.18. The summed E-state index contributed by atoms with van der Waals surface area (Å²) in [5, 5.41) is 0. The van der Waals surface area contributed by atoms with Gasteiger partial charge in [0.25, 0.3) is 0 Å². The predicted molar refractivity (Wildman–Crippen MR) is 84.8 cm³/mol. The molecule has 1 aliphatic carbocycles. The zero-order valence-corrected chi connectivity index (χ0v) is 12.9. The van der Waals surface area contributed by atoms with E-state index in [1.54, 1.807) is 6.07 Å². The molecule has 0 fully saturated rings. The molecule has 0 aliphatic heterocycles. The van der Waals surface area contributed by atoms with E-state index >= 15 is 0 Å². The maximum absolute atomic E-state index is 13.4. The third kappa shape index (κ3) is 2.38. The Morgan fingerprint density at radius 2 is 1.71 bits per heavy atom. The van der Waals surface area contributed by atoms with Gasteiger partial charge in [0.15, 0.2) is 0 Å². The second-order valence-electron chi connectivity index (χ2n) is 7.10. The average Bonchev–Trinajstić information content (AvgIpc) is 2.76. The highest BCUT2D eigenvalue weighted by Crippen LogP contribution is 2.40. The van der Waals surface area contributed by atoms with Crippen molar-refractivity contribution in [1.82, 2.24) is 0 Å². The van der Waals surface area contributed by atoms with Gasteiger partial charge < -0.3 is 5.73 Å². The van der Waals surface area contributed by atoms with E-state index in [1.807, 2.05) is 6.07 Å². The van der Waals surface area contributed by atoms with Gasteiger partial charge in [0.05, 0.1) is 5.54 Å². The van der Waals surface area contributed by atoms with Crippen LogP contribution in [0.25, 0.3) is 0 Å². The molecule has 0 saturated carbocycles. The average molecular weight is 283 g/mol. The number of benzene rings is 2. The molecule has 0 saturated heterocycles. The fourth-order valence-electron chi connectivity index (χ4n) is 3.24. The lowest BCUT2D eigenvalue weighted by Gasteiger charge is -2.27. The molecule has 0 amide bonds. The van der Waals surface area contributed by atoms with Gasteiger partial charge in [-0.2, -0.15) is 0 Å². The summed E-state index contributed by atoms with van der Waals surface area (Å²) in [7, 11) is 0. The molecule has 0 radical (unpaired) electrons. The first-order valence-corrected chi connectivity index (χ1v) is 7.49. The van der Waals surface area contributed by atoms with Crippen LogP contribution in [0.15, 0.2) is 42.5 Å². The molecule has 2 heteroatoms. The van der Waals surface area contributed by atoms with E-state index in [0.29, 0.717) is 0 Å². The van der Waals surface area contributed by atoms with Crippen molar-refractivity contribution in [2.45, 2.75) is 44.6 Å². The summed E-state index contributed by atoms with van der Waals surface area (Å²) >= 11 is 0. The maximum atomic E-state index is 13.4. The molecule has 0 bridgehead atoms. The molecule has 2 aromatic rings. The van der Waals surface area contributed by atoms with Crippen LogP contribution in [0, 0.1) is 5.82 Å². The van der Waals surface area contributed by atoms with Crippen molar-refractivity contribution in [3.05, 3.63) is 70.5 Å². The number of halogens is 1. The molecule has 3 rings (SSSR count). The molecule has 1 nitrogen and oxygen atoms in total. The summed E-state index contributed by atoms with van der Waals surface area (Å²) in [4.78, 5) is 0. The number of fused-ring (bicyclic) bond motifs is 1. The molecular weight excluding hydrogens is 261 g/mol. The third-order valence-electron chi connectivity index (χ3n) is 4.60. The largest absolute Gasteiger partial charge is 0.318 e. The van der Waals surface area contributed by atoms with Gasteiger partial charge in [0.1, 0.15) is 5.82 Å². The standard InChI is InChI=1S/C19H22FN/c1-18(2,3)14-4-6-15(7-5-14)19(21)11-10-13-12-16(20)8-9-17(13)19/h4-9,12H,10-11,21H2,1-3H3. The zero-order chi connectivity index (χ0) is 15.3. The summed E-state index contributed by atoms with van der Waals surface area (Å²) in [6.07, 6.45) is 1.67. The van der Waals surface area contributed by atoms with Crippen LogP contribution in [0.4, 0.5) is 4.39 Å². The monoisotopic (exact) mass is 283 g/mol. The van der Waals surface area contributed by atoms with Gasteiger partial charge in [-0.3, -0.25) is 0 Å². The Labute approximate surface area is 126 Å². The predicted octanol–water partition coefficient (Wildman–Crippen LogP) is 4.27. The molecule has 110 valence electrons. The Morgan fingerprint density at radius 3 is 2.33 bits per heavy atom. The minimum absolute atomic E-state index is 0.136. The number of hydrogen-bond donors (Lipinski definition) is 1. The Balaban J connectivity index is 2.02.